The first-order chi connectivity index (χ1) is 19.3. The average molecular weight is 554 g/mol. The third kappa shape index (κ3) is 6.04. The molecule has 40 heavy (non-hydrogen) atoms. The highest BCUT2D eigenvalue weighted by molar-refractivity contribution is 5.82. The fourth-order valence-electron chi connectivity index (χ4n) is 5.84. The second-order valence-corrected chi connectivity index (χ2v) is 10.4. The van der Waals surface area contributed by atoms with E-state index in [1.54, 1.807) is 20.3 Å². The number of fused-ring (bicyclic) bond motifs is 3. The van der Waals surface area contributed by atoms with E-state index in [4.69, 9.17) is 9.47 Å². The van der Waals surface area contributed by atoms with Crippen molar-refractivity contribution in [2.75, 3.05) is 45.3 Å². The Morgan fingerprint density at radius 3 is 2.45 bits per heavy atom. The molecule has 2 aliphatic heterocycles. The quantitative estimate of drug-likeness (QED) is 0.428. The Hall–Kier alpha value is -3.72. The summed E-state index contributed by atoms with van der Waals surface area (Å²) >= 11 is 0. The maximum atomic E-state index is 13.6. The van der Waals surface area contributed by atoms with Crippen molar-refractivity contribution >= 4 is 11.6 Å². The molecule has 6 nitrogen and oxygen atoms in total. The number of alkyl halides is 3. The summed E-state index contributed by atoms with van der Waals surface area (Å²) in [7, 11) is 3.15. The standard InChI is InChI=1S/C31H34F3N3O3/c1-39-28-11-8-21(16-29(28)40-2)12-13-35-30(38)25-18-23-17-24(31(32,33)34)9-10-26(23)37-15-14-36(20-27(25)37)19-22-6-4-3-5-7-22/h3-11,16-17,25,27H,12-15,18-20H2,1-2H3,(H,35,38). The van der Waals surface area contributed by atoms with Crippen LogP contribution in [0.1, 0.15) is 22.3 Å². The number of methoxy groups -OCH3 is 2. The van der Waals surface area contributed by atoms with Gasteiger partial charge in [0.15, 0.2) is 11.5 Å². The van der Waals surface area contributed by atoms with Gasteiger partial charge in [0.05, 0.1) is 31.7 Å². The molecule has 0 bridgehead atoms. The minimum absolute atomic E-state index is 0.136. The van der Waals surface area contributed by atoms with Crippen LogP contribution in [-0.4, -0.2) is 57.2 Å². The van der Waals surface area contributed by atoms with E-state index in [9.17, 15) is 18.0 Å². The lowest BCUT2D eigenvalue weighted by Gasteiger charge is -2.49. The first-order valence-corrected chi connectivity index (χ1v) is 13.5. The molecule has 3 aromatic rings. The summed E-state index contributed by atoms with van der Waals surface area (Å²) in [6, 6.07) is 19.6. The van der Waals surface area contributed by atoms with Gasteiger partial charge in [-0.25, -0.2) is 0 Å². The van der Waals surface area contributed by atoms with Gasteiger partial charge in [0.25, 0.3) is 0 Å². The van der Waals surface area contributed by atoms with Gasteiger partial charge in [-0.3, -0.25) is 9.69 Å². The highest BCUT2D eigenvalue weighted by Crippen LogP contribution is 2.40. The minimum atomic E-state index is -4.43. The second kappa shape index (κ2) is 11.8. The molecule has 2 heterocycles. The molecule has 1 saturated heterocycles. The van der Waals surface area contributed by atoms with Crippen molar-refractivity contribution in [2.24, 2.45) is 5.92 Å². The zero-order valence-corrected chi connectivity index (χ0v) is 22.7. The maximum Gasteiger partial charge on any atom is 0.416 e. The maximum absolute atomic E-state index is 13.6. The van der Waals surface area contributed by atoms with Crippen LogP contribution < -0.4 is 19.7 Å². The monoisotopic (exact) mass is 553 g/mol. The number of nitrogens with zero attached hydrogens (tertiary/aromatic N) is 2. The SMILES string of the molecule is COc1ccc(CCNC(=O)C2Cc3cc(C(F)(F)F)ccc3N3CCN(Cc4ccccc4)CC23)cc1OC. The normalized spacial score (nSPS) is 19.0. The number of halogens is 3. The Bertz CT molecular complexity index is 1330. The number of anilines is 1. The molecule has 0 saturated carbocycles. The second-order valence-electron chi connectivity index (χ2n) is 10.4. The fourth-order valence-corrected chi connectivity index (χ4v) is 5.84. The molecule has 212 valence electrons. The highest BCUT2D eigenvalue weighted by Gasteiger charge is 2.42. The Morgan fingerprint density at radius 1 is 0.950 bits per heavy atom. The van der Waals surface area contributed by atoms with Crippen molar-refractivity contribution in [1.29, 1.82) is 0 Å². The van der Waals surface area contributed by atoms with Crippen molar-refractivity contribution < 1.29 is 27.4 Å². The molecule has 0 aliphatic carbocycles. The third-order valence-corrected chi connectivity index (χ3v) is 7.87. The summed E-state index contributed by atoms with van der Waals surface area (Å²) in [5.41, 5.74) is 2.86. The van der Waals surface area contributed by atoms with Gasteiger partial charge in [0.1, 0.15) is 0 Å². The molecule has 9 heteroatoms. The average Bonchev–Trinajstić information content (AvgIpc) is 2.96. The van der Waals surface area contributed by atoms with Crippen molar-refractivity contribution in [3.05, 3.63) is 89.0 Å². The van der Waals surface area contributed by atoms with Gasteiger partial charge in [-0.2, -0.15) is 13.2 Å². The van der Waals surface area contributed by atoms with Gasteiger partial charge < -0.3 is 19.7 Å². The molecule has 3 aromatic carbocycles. The predicted molar refractivity (Wildman–Crippen MR) is 148 cm³/mol. The van der Waals surface area contributed by atoms with Crippen LogP contribution in [-0.2, 0) is 30.4 Å². The molecule has 1 fully saturated rings. The zero-order valence-electron chi connectivity index (χ0n) is 22.7. The minimum Gasteiger partial charge on any atom is -0.493 e. The lowest BCUT2D eigenvalue weighted by atomic mass is 9.82. The number of ether oxygens (including phenoxy) is 2. The molecule has 0 spiro atoms. The van der Waals surface area contributed by atoms with Crippen molar-refractivity contribution in [3.63, 3.8) is 0 Å². The Morgan fingerprint density at radius 2 is 1.73 bits per heavy atom. The number of hydrogen-bond acceptors (Lipinski definition) is 5. The number of rotatable bonds is 8. The third-order valence-electron chi connectivity index (χ3n) is 7.87. The first-order valence-electron chi connectivity index (χ1n) is 13.5. The van der Waals surface area contributed by atoms with Gasteiger partial charge in [0, 0.05) is 38.4 Å². The lowest BCUT2D eigenvalue weighted by molar-refractivity contribution is -0.137. The summed E-state index contributed by atoms with van der Waals surface area (Å²) in [5, 5.41) is 3.06. The number of carbonyl (C=O) groups excluding carboxylic acids is 1. The number of piperazine rings is 1. The Balaban J connectivity index is 1.34. The smallest absolute Gasteiger partial charge is 0.416 e. The van der Waals surface area contributed by atoms with Gasteiger partial charge in [-0.1, -0.05) is 36.4 Å². The van der Waals surface area contributed by atoms with Gasteiger partial charge in [-0.05, 0) is 59.9 Å². The van der Waals surface area contributed by atoms with Crippen LogP contribution in [0.15, 0.2) is 66.7 Å². The first kappa shape index (κ1) is 27.8. The fraction of sp³-hybridized carbons (Fsp3) is 0.387. The lowest BCUT2D eigenvalue weighted by Crippen LogP contribution is -2.61. The van der Waals surface area contributed by atoms with E-state index in [-0.39, 0.29) is 18.4 Å². The number of amides is 1. The predicted octanol–water partition coefficient (Wildman–Crippen LogP) is 4.94. The highest BCUT2D eigenvalue weighted by atomic mass is 19.4. The summed E-state index contributed by atoms with van der Waals surface area (Å²) in [6.07, 6.45) is -3.58. The Labute approximate surface area is 232 Å². The summed E-state index contributed by atoms with van der Waals surface area (Å²) in [5.74, 6) is 0.638. The number of carbonyl (C=O) groups is 1. The van der Waals surface area contributed by atoms with Crippen molar-refractivity contribution in [2.45, 2.75) is 31.6 Å². The van der Waals surface area contributed by atoms with Gasteiger partial charge in [0.2, 0.25) is 5.91 Å². The van der Waals surface area contributed by atoms with Crippen molar-refractivity contribution in [1.82, 2.24) is 10.2 Å². The summed E-state index contributed by atoms with van der Waals surface area (Å²) < 4.78 is 51.2. The molecular formula is C31H34F3N3O3. The van der Waals surface area contributed by atoms with Crippen LogP contribution in [0.4, 0.5) is 18.9 Å². The number of nitrogens with one attached hydrogen (secondary N) is 1. The molecule has 2 unspecified atom stereocenters. The zero-order chi connectivity index (χ0) is 28.3. The Kier molecular flexibility index (Phi) is 8.21. The molecule has 2 aliphatic rings. The molecule has 5 rings (SSSR count). The van der Waals surface area contributed by atoms with Crippen LogP contribution in [0.2, 0.25) is 0 Å². The van der Waals surface area contributed by atoms with E-state index >= 15 is 0 Å². The van der Waals surface area contributed by atoms with E-state index < -0.39 is 17.7 Å². The number of hydrogen-bond donors (Lipinski definition) is 1. The van der Waals surface area contributed by atoms with E-state index in [1.807, 2.05) is 36.4 Å². The van der Waals surface area contributed by atoms with E-state index in [0.29, 0.717) is 43.1 Å². The molecule has 1 N–H and O–H groups in total. The van der Waals surface area contributed by atoms with E-state index in [2.05, 4.69) is 27.2 Å². The van der Waals surface area contributed by atoms with E-state index in [1.165, 1.54) is 11.6 Å². The van der Waals surface area contributed by atoms with Crippen molar-refractivity contribution in [3.8, 4) is 11.5 Å². The van der Waals surface area contributed by atoms with Crippen LogP contribution >= 0.6 is 0 Å². The van der Waals surface area contributed by atoms with Crippen LogP contribution in [0.25, 0.3) is 0 Å². The van der Waals surface area contributed by atoms with Gasteiger partial charge >= 0.3 is 6.18 Å². The molecular weight excluding hydrogens is 519 g/mol. The molecule has 0 radical (unpaired) electrons. The molecule has 2 atom stereocenters. The largest absolute Gasteiger partial charge is 0.493 e. The summed E-state index contributed by atoms with van der Waals surface area (Å²) in [4.78, 5) is 18.1. The summed E-state index contributed by atoms with van der Waals surface area (Å²) in [6.45, 7) is 3.23. The van der Waals surface area contributed by atoms with Crippen LogP contribution in [0.3, 0.4) is 0 Å². The van der Waals surface area contributed by atoms with E-state index in [0.717, 1.165) is 30.4 Å². The van der Waals surface area contributed by atoms with Gasteiger partial charge in [-0.15, -0.1) is 0 Å². The topological polar surface area (TPSA) is 54.0 Å². The molecule has 1 amide bonds. The number of benzene rings is 3. The van der Waals surface area contributed by atoms with Crippen LogP contribution in [0, 0.1) is 5.92 Å². The molecule has 0 aromatic heterocycles. The van der Waals surface area contributed by atoms with Crippen LogP contribution in [0.5, 0.6) is 11.5 Å².